The molecule has 0 saturated heterocycles. The van der Waals surface area contributed by atoms with E-state index in [0.29, 0.717) is 0 Å². The van der Waals surface area contributed by atoms with Crippen molar-refractivity contribution in [3.05, 3.63) is 47.8 Å². The van der Waals surface area contributed by atoms with Crippen LogP contribution in [0, 0.1) is 5.82 Å². The zero-order valence-electron chi connectivity index (χ0n) is 10.5. The average Bonchev–Trinajstić information content (AvgIpc) is 2.82. The Labute approximate surface area is 128 Å². The van der Waals surface area contributed by atoms with E-state index in [1.165, 1.54) is 12.1 Å². The van der Waals surface area contributed by atoms with Gasteiger partial charge in [0.2, 0.25) is 0 Å². The van der Waals surface area contributed by atoms with E-state index >= 15 is 0 Å². The molecular weight excluding hydrogens is 377 g/mol. The Morgan fingerprint density at radius 3 is 2.32 bits per heavy atom. The van der Waals surface area contributed by atoms with Gasteiger partial charge in [0, 0.05) is 29.5 Å². The molecule has 0 unspecified atom stereocenters. The van der Waals surface area contributed by atoms with E-state index in [2.05, 4.69) is 41.9 Å². The molecule has 0 amide bonds. The van der Waals surface area contributed by atoms with Crippen LogP contribution in [0.15, 0.2) is 30.6 Å². The van der Waals surface area contributed by atoms with Crippen LogP contribution in [0.3, 0.4) is 0 Å². The summed E-state index contributed by atoms with van der Waals surface area (Å²) in [4.78, 5) is 4.28. The fraction of sp³-hybridized carbons (Fsp3) is 0.385. The maximum absolute atomic E-state index is 13.1. The Balaban J connectivity index is 2.37. The van der Waals surface area contributed by atoms with Gasteiger partial charge in [-0.1, -0.05) is 44.0 Å². The highest BCUT2D eigenvalue weighted by Crippen LogP contribution is 2.32. The van der Waals surface area contributed by atoms with Crippen LogP contribution in [0.25, 0.3) is 0 Å². The molecule has 0 saturated carbocycles. The first-order valence-corrected chi connectivity index (χ1v) is 8.06. The SMILES string of the molecule is Cn1ncnc1CC(CBr)(CBr)c1ccc(F)cc1. The molecule has 0 aliphatic heterocycles. The summed E-state index contributed by atoms with van der Waals surface area (Å²) in [5.41, 5.74) is 0.903. The highest BCUT2D eigenvalue weighted by Gasteiger charge is 2.32. The van der Waals surface area contributed by atoms with Crippen LogP contribution >= 0.6 is 31.9 Å². The zero-order valence-corrected chi connectivity index (χ0v) is 13.7. The van der Waals surface area contributed by atoms with E-state index in [1.807, 2.05) is 19.2 Å². The van der Waals surface area contributed by atoms with E-state index in [-0.39, 0.29) is 11.2 Å². The Kier molecular flexibility index (Phi) is 4.73. The molecule has 1 heterocycles. The second-order valence-electron chi connectivity index (χ2n) is 4.53. The lowest BCUT2D eigenvalue weighted by molar-refractivity contribution is 0.513. The van der Waals surface area contributed by atoms with Gasteiger partial charge in [-0.25, -0.2) is 9.37 Å². The van der Waals surface area contributed by atoms with Crippen molar-refractivity contribution in [3.63, 3.8) is 0 Å². The van der Waals surface area contributed by atoms with E-state index in [1.54, 1.807) is 11.0 Å². The second kappa shape index (κ2) is 6.13. The van der Waals surface area contributed by atoms with E-state index in [0.717, 1.165) is 28.5 Å². The van der Waals surface area contributed by atoms with Crippen LogP contribution in [0.1, 0.15) is 11.4 Å². The normalized spacial score (nSPS) is 11.8. The standard InChI is InChI=1S/C13H14Br2FN3/c1-19-12(17-9-18-19)6-13(7-14,8-15)10-2-4-11(16)5-3-10/h2-5,9H,6-8H2,1H3. The lowest BCUT2D eigenvalue weighted by Gasteiger charge is -2.30. The number of aryl methyl sites for hydroxylation is 1. The molecule has 0 N–H and O–H groups in total. The van der Waals surface area contributed by atoms with Crippen LogP contribution in [0.2, 0.25) is 0 Å². The van der Waals surface area contributed by atoms with E-state index < -0.39 is 0 Å². The molecule has 0 radical (unpaired) electrons. The highest BCUT2D eigenvalue weighted by atomic mass is 79.9. The van der Waals surface area contributed by atoms with Crippen molar-refractivity contribution >= 4 is 31.9 Å². The minimum atomic E-state index is -0.222. The van der Waals surface area contributed by atoms with Crippen LogP contribution in [0.4, 0.5) is 4.39 Å². The molecule has 3 nitrogen and oxygen atoms in total. The number of aromatic nitrogens is 3. The molecule has 0 atom stereocenters. The van der Waals surface area contributed by atoms with Crippen LogP contribution in [-0.4, -0.2) is 25.4 Å². The first-order valence-electron chi connectivity index (χ1n) is 5.82. The fourth-order valence-corrected chi connectivity index (χ4v) is 3.95. The maximum Gasteiger partial charge on any atom is 0.138 e. The molecule has 0 bridgehead atoms. The number of nitrogens with zero attached hydrogens (tertiary/aromatic N) is 3. The average molecular weight is 391 g/mol. The lowest BCUT2D eigenvalue weighted by Crippen LogP contribution is -2.34. The molecule has 19 heavy (non-hydrogen) atoms. The van der Waals surface area contributed by atoms with Gasteiger partial charge in [-0.2, -0.15) is 5.10 Å². The van der Waals surface area contributed by atoms with Crippen molar-refractivity contribution < 1.29 is 4.39 Å². The van der Waals surface area contributed by atoms with Crippen LogP contribution < -0.4 is 0 Å². The molecule has 2 aromatic rings. The smallest absolute Gasteiger partial charge is 0.138 e. The van der Waals surface area contributed by atoms with Gasteiger partial charge in [0.1, 0.15) is 18.0 Å². The third-order valence-electron chi connectivity index (χ3n) is 3.27. The Morgan fingerprint density at radius 2 is 1.84 bits per heavy atom. The summed E-state index contributed by atoms with van der Waals surface area (Å²) < 4.78 is 14.8. The monoisotopic (exact) mass is 389 g/mol. The molecule has 0 aliphatic rings. The molecule has 6 heteroatoms. The molecule has 0 aliphatic carbocycles. The second-order valence-corrected chi connectivity index (χ2v) is 5.65. The van der Waals surface area contributed by atoms with Gasteiger partial charge < -0.3 is 0 Å². The van der Waals surface area contributed by atoms with Crippen LogP contribution in [0.5, 0.6) is 0 Å². The topological polar surface area (TPSA) is 30.7 Å². The van der Waals surface area contributed by atoms with Gasteiger partial charge in [-0.05, 0) is 17.7 Å². The van der Waals surface area contributed by atoms with E-state index in [4.69, 9.17) is 0 Å². The van der Waals surface area contributed by atoms with Gasteiger partial charge >= 0.3 is 0 Å². The summed E-state index contributed by atoms with van der Waals surface area (Å²) in [5.74, 6) is 0.684. The van der Waals surface area contributed by atoms with Gasteiger partial charge in [-0.15, -0.1) is 0 Å². The van der Waals surface area contributed by atoms with Crippen molar-refractivity contribution in [1.82, 2.24) is 14.8 Å². The van der Waals surface area contributed by atoms with E-state index in [9.17, 15) is 4.39 Å². The highest BCUT2D eigenvalue weighted by molar-refractivity contribution is 9.09. The first-order chi connectivity index (χ1) is 9.11. The third kappa shape index (κ3) is 3.05. The minimum absolute atomic E-state index is 0.172. The summed E-state index contributed by atoms with van der Waals surface area (Å²) in [6.07, 6.45) is 2.28. The Morgan fingerprint density at radius 1 is 1.21 bits per heavy atom. The number of hydrogen-bond donors (Lipinski definition) is 0. The predicted octanol–water partition coefficient (Wildman–Crippen LogP) is 3.22. The number of alkyl halides is 2. The van der Waals surface area contributed by atoms with Crippen molar-refractivity contribution in [1.29, 1.82) is 0 Å². The molecule has 102 valence electrons. The quantitative estimate of drug-likeness (QED) is 0.734. The molecule has 2 rings (SSSR count). The number of hydrogen-bond acceptors (Lipinski definition) is 2. The number of benzene rings is 1. The first kappa shape index (κ1) is 14.7. The summed E-state index contributed by atoms with van der Waals surface area (Å²) in [5, 5.41) is 5.60. The largest absolute Gasteiger partial charge is 0.253 e. The Hall–Kier alpha value is -0.750. The lowest BCUT2D eigenvalue weighted by atomic mass is 9.81. The molecular formula is C13H14Br2FN3. The van der Waals surface area contributed by atoms with Gasteiger partial charge in [0.05, 0.1) is 0 Å². The summed E-state index contributed by atoms with van der Waals surface area (Å²) in [7, 11) is 1.88. The molecule has 0 spiro atoms. The van der Waals surface area contributed by atoms with Crippen molar-refractivity contribution in [2.75, 3.05) is 10.7 Å². The van der Waals surface area contributed by atoms with Crippen molar-refractivity contribution in [2.45, 2.75) is 11.8 Å². The van der Waals surface area contributed by atoms with Gasteiger partial charge in [0.15, 0.2) is 0 Å². The summed E-state index contributed by atoms with van der Waals surface area (Å²) in [6, 6.07) is 6.64. The molecule has 0 fully saturated rings. The molecule has 1 aromatic carbocycles. The van der Waals surface area contributed by atoms with Gasteiger partial charge in [0.25, 0.3) is 0 Å². The third-order valence-corrected chi connectivity index (χ3v) is 5.42. The molecule has 1 aromatic heterocycles. The minimum Gasteiger partial charge on any atom is -0.253 e. The van der Waals surface area contributed by atoms with Gasteiger partial charge in [-0.3, -0.25) is 4.68 Å². The zero-order chi connectivity index (χ0) is 13.9. The summed E-state index contributed by atoms with van der Waals surface area (Å²) in [6.45, 7) is 0. The summed E-state index contributed by atoms with van der Waals surface area (Å²) >= 11 is 7.16. The Bertz CT molecular complexity index is 535. The predicted molar refractivity (Wildman–Crippen MR) is 80.4 cm³/mol. The number of halogens is 3. The van der Waals surface area contributed by atoms with Crippen LogP contribution in [-0.2, 0) is 18.9 Å². The number of rotatable bonds is 5. The van der Waals surface area contributed by atoms with Crippen molar-refractivity contribution in [3.8, 4) is 0 Å². The fourth-order valence-electron chi connectivity index (χ4n) is 1.97. The maximum atomic E-state index is 13.1. The van der Waals surface area contributed by atoms with Crippen molar-refractivity contribution in [2.24, 2.45) is 7.05 Å².